The third kappa shape index (κ3) is 3.97. The average molecular weight is 218 g/mol. The van der Waals surface area contributed by atoms with Crippen molar-refractivity contribution in [3.63, 3.8) is 0 Å². The summed E-state index contributed by atoms with van der Waals surface area (Å²) < 4.78 is 0. The molecule has 0 radical (unpaired) electrons. The molecule has 0 rings (SSSR count). The van der Waals surface area contributed by atoms with E-state index < -0.39 is 0 Å². The molecule has 0 aromatic carbocycles. The monoisotopic (exact) mass is 218 g/mol. The second kappa shape index (κ2) is 7.80. The van der Waals surface area contributed by atoms with Crippen LogP contribution in [-0.4, -0.2) is 26.0 Å². The highest BCUT2D eigenvalue weighted by Gasteiger charge is 2.08. The molecule has 0 saturated carbocycles. The summed E-state index contributed by atoms with van der Waals surface area (Å²) in [5.74, 6) is 0. The van der Waals surface area contributed by atoms with Gasteiger partial charge in [0.15, 0.2) is 0 Å². The van der Waals surface area contributed by atoms with Gasteiger partial charge in [0.1, 0.15) is 0 Å². The van der Waals surface area contributed by atoms with Crippen molar-refractivity contribution in [2.45, 2.75) is 27.2 Å². The highest BCUT2D eigenvalue weighted by atomic mass is 14.7. The average Bonchev–Trinajstić information content (AvgIpc) is 2.29. The molecule has 2 heteroatoms. The van der Waals surface area contributed by atoms with Crippen molar-refractivity contribution >= 4 is 11.9 Å². The van der Waals surface area contributed by atoms with Gasteiger partial charge in [-0.05, 0) is 43.1 Å². The van der Waals surface area contributed by atoms with Crippen molar-refractivity contribution in [1.82, 2.24) is 0 Å². The van der Waals surface area contributed by atoms with Crippen LogP contribution in [0.1, 0.15) is 27.2 Å². The van der Waals surface area contributed by atoms with Crippen LogP contribution in [0.15, 0.2) is 45.4 Å². The SMILES string of the molecule is C=C(C(=NC)/C(C)=C/C=NC)/C(=C\C)CC. The van der Waals surface area contributed by atoms with Crippen LogP contribution < -0.4 is 0 Å². The molecule has 0 N–H and O–H groups in total. The number of hydrogen-bond acceptors (Lipinski definition) is 2. The fourth-order valence-corrected chi connectivity index (χ4v) is 1.56. The summed E-state index contributed by atoms with van der Waals surface area (Å²) in [5, 5.41) is 0. The van der Waals surface area contributed by atoms with Gasteiger partial charge >= 0.3 is 0 Å². The van der Waals surface area contributed by atoms with Crippen molar-refractivity contribution < 1.29 is 0 Å². The molecule has 0 aliphatic heterocycles. The molecule has 0 aromatic heterocycles. The zero-order chi connectivity index (χ0) is 12.6. The van der Waals surface area contributed by atoms with E-state index >= 15 is 0 Å². The predicted octanol–water partition coefficient (Wildman–Crippen LogP) is 3.62. The van der Waals surface area contributed by atoms with E-state index in [0.717, 1.165) is 23.3 Å². The van der Waals surface area contributed by atoms with Crippen LogP contribution in [0.5, 0.6) is 0 Å². The maximum atomic E-state index is 4.30. The molecule has 0 bridgehead atoms. The van der Waals surface area contributed by atoms with Crippen molar-refractivity contribution in [1.29, 1.82) is 0 Å². The molecule has 0 aliphatic rings. The highest BCUT2D eigenvalue weighted by Crippen LogP contribution is 2.17. The summed E-state index contributed by atoms with van der Waals surface area (Å²) in [7, 11) is 3.55. The Morgan fingerprint density at radius 3 is 2.31 bits per heavy atom. The lowest BCUT2D eigenvalue weighted by atomic mass is 9.96. The number of nitrogens with zero attached hydrogens (tertiary/aromatic N) is 2. The Bertz CT molecular complexity index is 355. The molecule has 0 atom stereocenters. The van der Waals surface area contributed by atoms with Crippen molar-refractivity contribution in [2.24, 2.45) is 9.98 Å². The van der Waals surface area contributed by atoms with Crippen molar-refractivity contribution in [2.75, 3.05) is 14.1 Å². The van der Waals surface area contributed by atoms with E-state index in [4.69, 9.17) is 0 Å². The molecule has 0 spiro atoms. The van der Waals surface area contributed by atoms with Gasteiger partial charge < -0.3 is 0 Å². The van der Waals surface area contributed by atoms with Crippen LogP contribution in [0.25, 0.3) is 0 Å². The first kappa shape index (κ1) is 14.6. The first-order chi connectivity index (χ1) is 7.62. The van der Waals surface area contributed by atoms with Gasteiger partial charge in [-0.3, -0.25) is 9.98 Å². The summed E-state index contributed by atoms with van der Waals surface area (Å²) >= 11 is 0. The summed E-state index contributed by atoms with van der Waals surface area (Å²) in [6.07, 6.45) is 6.80. The molecule has 0 fully saturated rings. The summed E-state index contributed by atoms with van der Waals surface area (Å²) in [5.41, 5.74) is 4.29. The molecule has 16 heavy (non-hydrogen) atoms. The topological polar surface area (TPSA) is 24.7 Å². The first-order valence-electron chi connectivity index (χ1n) is 5.53. The second-order valence-electron chi connectivity index (χ2n) is 3.48. The Balaban J connectivity index is 5.11. The standard InChI is InChI=1S/C14H22N2/c1-7-13(8-2)12(4)14(16-6)11(3)9-10-15-5/h7,9-10H,4,8H2,1-3,5-6H3/b11-9+,13-7-,15-10?,16-14?. The van der Waals surface area contributed by atoms with Crippen LogP contribution >= 0.6 is 0 Å². The maximum Gasteiger partial charge on any atom is 0.0669 e. The van der Waals surface area contributed by atoms with Gasteiger partial charge in [0.2, 0.25) is 0 Å². The highest BCUT2D eigenvalue weighted by molar-refractivity contribution is 6.15. The number of hydrogen-bond donors (Lipinski definition) is 0. The first-order valence-corrected chi connectivity index (χ1v) is 5.53. The molecule has 0 saturated heterocycles. The van der Waals surface area contributed by atoms with E-state index in [9.17, 15) is 0 Å². The van der Waals surface area contributed by atoms with E-state index in [-0.39, 0.29) is 0 Å². The predicted molar refractivity (Wildman–Crippen MR) is 74.7 cm³/mol. The minimum absolute atomic E-state index is 0.954. The summed E-state index contributed by atoms with van der Waals surface area (Å²) in [6, 6.07) is 0. The second-order valence-corrected chi connectivity index (χ2v) is 3.48. The van der Waals surface area contributed by atoms with Gasteiger partial charge in [0, 0.05) is 20.3 Å². The van der Waals surface area contributed by atoms with Gasteiger partial charge in [-0.1, -0.05) is 19.6 Å². The zero-order valence-corrected chi connectivity index (χ0v) is 11.0. The van der Waals surface area contributed by atoms with Crippen molar-refractivity contribution in [3.05, 3.63) is 35.5 Å². The summed E-state index contributed by atoms with van der Waals surface area (Å²) in [6.45, 7) is 10.3. The number of aliphatic imine (C=N–C) groups is 2. The van der Waals surface area contributed by atoms with E-state index in [2.05, 4.69) is 29.6 Å². The van der Waals surface area contributed by atoms with Crippen LogP contribution in [0.2, 0.25) is 0 Å². The lowest BCUT2D eigenvalue weighted by Gasteiger charge is -2.11. The molecule has 0 amide bonds. The lowest BCUT2D eigenvalue weighted by Crippen LogP contribution is -2.06. The molecule has 88 valence electrons. The smallest absolute Gasteiger partial charge is 0.0669 e. The van der Waals surface area contributed by atoms with Gasteiger partial charge in [0.05, 0.1) is 5.71 Å². The largest absolute Gasteiger partial charge is 0.297 e. The fourth-order valence-electron chi connectivity index (χ4n) is 1.56. The minimum Gasteiger partial charge on any atom is -0.297 e. The molecule has 0 heterocycles. The normalized spacial score (nSPS) is 14.7. The van der Waals surface area contributed by atoms with Crippen molar-refractivity contribution in [3.8, 4) is 0 Å². The Hall–Kier alpha value is -1.44. The number of rotatable bonds is 5. The van der Waals surface area contributed by atoms with Crippen LogP contribution in [0, 0.1) is 0 Å². The Morgan fingerprint density at radius 2 is 1.94 bits per heavy atom. The lowest BCUT2D eigenvalue weighted by molar-refractivity contribution is 1.12. The van der Waals surface area contributed by atoms with Crippen LogP contribution in [-0.2, 0) is 0 Å². The Morgan fingerprint density at radius 1 is 1.31 bits per heavy atom. The molecule has 0 unspecified atom stereocenters. The van der Waals surface area contributed by atoms with E-state index in [1.54, 1.807) is 20.3 Å². The Kier molecular flexibility index (Phi) is 7.10. The van der Waals surface area contributed by atoms with E-state index in [0.29, 0.717) is 0 Å². The van der Waals surface area contributed by atoms with Crippen LogP contribution in [0.4, 0.5) is 0 Å². The Labute approximate surface area is 99.2 Å². The third-order valence-corrected chi connectivity index (χ3v) is 2.47. The molecule has 2 nitrogen and oxygen atoms in total. The molecule has 0 aliphatic carbocycles. The third-order valence-electron chi connectivity index (χ3n) is 2.47. The molecular weight excluding hydrogens is 196 g/mol. The molecule has 0 aromatic rings. The van der Waals surface area contributed by atoms with E-state index in [1.807, 2.05) is 19.9 Å². The van der Waals surface area contributed by atoms with Crippen LogP contribution in [0.3, 0.4) is 0 Å². The van der Waals surface area contributed by atoms with Gasteiger partial charge in [-0.15, -0.1) is 0 Å². The van der Waals surface area contributed by atoms with Gasteiger partial charge in [-0.2, -0.15) is 0 Å². The quantitative estimate of drug-likeness (QED) is 0.497. The van der Waals surface area contributed by atoms with Gasteiger partial charge in [-0.25, -0.2) is 0 Å². The summed E-state index contributed by atoms with van der Waals surface area (Å²) in [4.78, 5) is 8.24. The number of allylic oxidation sites excluding steroid dienone is 5. The van der Waals surface area contributed by atoms with Gasteiger partial charge in [0.25, 0.3) is 0 Å². The zero-order valence-electron chi connectivity index (χ0n) is 11.0. The fraction of sp³-hybridized carbons (Fsp3) is 0.429. The minimum atomic E-state index is 0.954. The van der Waals surface area contributed by atoms with E-state index in [1.165, 1.54) is 5.57 Å². The maximum absolute atomic E-state index is 4.30. The molecular formula is C14H22N2.